The standard InChI is InChI=1S/C17H29ClN2/c1-4-14(18)17-15(5-2)19-20(16(17)6-3)13-11-9-7-8-10-12-13/h13-14H,4-12H2,1-3H3. The Labute approximate surface area is 128 Å². The highest BCUT2D eigenvalue weighted by Gasteiger charge is 2.25. The molecule has 1 aromatic heterocycles. The summed E-state index contributed by atoms with van der Waals surface area (Å²) in [5.74, 6) is 0. The lowest BCUT2D eigenvalue weighted by atomic mass is 10.0. The number of alkyl halides is 1. The molecule has 3 heteroatoms. The Morgan fingerprint density at radius 2 is 1.75 bits per heavy atom. The maximum Gasteiger partial charge on any atom is 0.0671 e. The maximum absolute atomic E-state index is 6.59. The zero-order chi connectivity index (χ0) is 14.5. The molecule has 1 aromatic rings. The molecule has 0 bridgehead atoms. The number of rotatable bonds is 5. The van der Waals surface area contributed by atoms with Crippen LogP contribution in [-0.4, -0.2) is 9.78 Å². The van der Waals surface area contributed by atoms with Crippen LogP contribution in [0.15, 0.2) is 0 Å². The molecule has 0 aliphatic heterocycles. The number of halogens is 1. The highest BCUT2D eigenvalue weighted by atomic mass is 35.5. The second-order valence-electron chi connectivity index (χ2n) is 5.98. The highest BCUT2D eigenvalue weighted by Crippen LogP contribution is 2.35. The predicted molar refractivity (Wildman–Crippen MR) is 86.6 cm³/mol. The van der Waals surface area contributed by atoms with Crippen LogP contribution in [0.3, 0.4) is 0 Å². The van der Waals surface area contributed by atoms with Gasteiger partial charge in [0.15, 0.2) is 0 Å². The van der Waals surface area contributed by atoms with Crippen molar-refractivity contribution >= 4 is 11.6 Å². The average Bonchev–Trinajstić information content (AvgIpc) is 2.65. The van der Waals surface area contributed by atoms with Gasteiger partial charge in [0.25, 0.3) is 0 Å². The summed E-state index contributed by atoms with van der Waals surface area (Å²) in [6.45, 7) is 6.61. The van der Waals surface area contributed by atoms with Crippen LogP contribution in [0.25, 0.3) is 0 Å². The molecule has 1 aliphatic carbocycles. The molecule has 0 radical (unpaired) electrons. The molecule has 0 saturated heterocycles. The number of aromatic nitrogens is 2. The van der Waals surface area contributed by atoms with Crippen LogP contribution in [0.5, 0.6) is 0 Å². The molecule has 0 spiro atoms. The van der Waals surface area contributed by atoms with Crippen molar-refractivity contribution in [3.05, 3.63) is 17.0 Å². The van der Waals surface area contributed by atoms with Gasteiger partial charge >= 0.3 is 0 Å². The molecule has 0 amide bonds. The lowest BCUT2D eigenvalue weighted by Crippen LogP contribution is -2.13. The van der Waals surface area contributed by atoms with Gasteiger partial charge in [-0.3, -0.25) is 4.68 Å². The van der Waals surface area contributed by atoms with Crippen molar-refractivity contribution < 1.29 is 0 Å². The third-order valence-electron chi connectivity index (χ3n) is 4.64. The molecule has 114 valence electrons. The van der Waals surface area contributed by atoms with Crippen molar-refractivity contribution in [1.82, 2.24) is 9.78 Å². The monoisotopic (exact) mass is 296 g/mol. The molecule has 0 aromatic carbocycles. The largest absolute Gasteiger partial charge is 0.266 e. The SMILES string of the molecule is CCc1nn(C2CCCCCC2)c(CC)c1C(Cl)CC. The molecule has 20 heavy (non-hydrogen) atoms. The summed E-state index contributed by atoms with van der Waals surface area (Å²) >= 11 is 6.59. The Kier molecular flexibility index (Phi) is 5.95. The van der Waals surface area contributed by atoms with Crippen LogP contribution in [-0.2, 0) is 12.8 Å². The summed E-state index contributed by atoms with van der Waals surface area (Å²) in [7, 11) is 0. The van der Waals surface area contributed by atoms with E-state index in [4.69, 9.17) is 16.7 Å². The van der Waals surface area contributed by atoms with E-state index in [1.165, 1.54) is 55.5 Å². The molecule has 2 rings (SSSR count). The smallest absolute Gasteiger partial charge is 0.0671 e. The van der Waals surface area contributed by atoms with E-state index in [1.807, 2.05) is 0 Å². The van der Waals surface area contributed by atoms with E-state index >= 15 is 0 Å². The minimum atomic E-state index is 0.124. The Hall–Kier alpha value is -0.500. The van der Waals surface area contributed by atoms with Gasteiger partial charge < -0.3 is 0 Å². The van der Waals surface area contributed by atoms with E-state index in [0.29, 0.717) is 6.04 Å². The number of hydrogen-bond donors (Lipinski definition) is 0. The Balaban J connectivity index is 2.38. The van der Waals surface area contributed by atoms with Crippen LogP contribution < -0.4 is 0 Å². The molecular formula is C17H29ClN2. The summed E-state index contributed by atoms with van der Waals surface area (Å²) in [6, 6.07) is 0.604. The van der Waals surface area contributed by atoms with E-state index in [2.05, 4.69) is 25.5 Å². The summed E-state index contributed by atoms with van der Waals surface area (Å²) < 4.78 is 2.35. The molecule has 2 nitrogen and oxygen atoms in total. The maximum atomic E-state index is 6.59. The van der Waals surface area contributed by atoms with Crippen molar-refractivity contribution in [2.75, 3.05) is 0 Å². The first kappa shape index (κ1) is 15.9. The molecule has 0 N–H and O–H groups in total. The first-order chi connectivity index (χ1) is 9.72. The first-order valence-electron chi connectivity index (χ1n) is 8.47. The van der Waals surface area contributed by atoms with Gasteiger partial charge in [0.1, 0.15) is 0 Å². The lowest BCUT2D eigenvalue weighted by Gasteiger charge is -2.19. The summed E-state index contributed by atoms with van der Waals surface area (Å²) in [5.41, 5.74) is 3.96. The van der Waals surface area contributed by atoms with Crippen molar-refractivity contribution in [2.24, 2.45) is 0 Å². The molecule has 1 aliphatic rings. The fraction of sp³-hybridized carbons (Fsp3) is 0.824. The molecular weight excluding hydrogens is 268 g/mol. The van der Waals surface area contributed by atoms with Crippen molar-refractivity contribution in [2.45, 2.75) is 90.0 Å². The average molecular weight is 297 g/mol. The number of aryl methyl sites for hydroxylation is 1. The van der Waals surface area contributed by atoms with Gasteiger partial charge in [-0.05, 0) is 32.1 Å². The lowest BCUT2D eigenvalue weighted by molar-refractivity contribution is 0.392. The van der Waals surface area contributed by atoms with Crippen LogP contribution >= 0.6 is 11.6 Å². The van der Waals surface area contributed by atoms with Crippen LogP contribution in [0.4, 0.5) is 0 Å². The Morgan fingerprint density at radius 3 is 2.25 bits per heavy atom. The number of nitrogens with zero attached hydrogens (tertiary/aromatic N) is 2. The first-order valence-corrected chi connectivity index (χ1v) is 8.90. The Bertz CT molecular complexity index is 417. The third-order valence-corrected chi connectivity index (χ3v) is 5.17. The minimum Gasteiger partial charge on any atom is -0.266 e. The second kappa shape index (κ2) is 7.49. The molecule has 1 atom stereocenters. The van der Waals surface area contributed by atoms with Crippen LogP contribution in [0, 0.1) is 0 Å². The van der Waals surface area contributed by atoms with Gasteiger partial charge in [-0.1, -0.05) is 46.5 Å². The van der Waals surface area contributed by atoms with E-state index in [9.17, 15) is 0 Å². The second-order valence-corrected chi connectivity index (χ2v) is 6.51. The van der Waals surface area contributed by atoms with Gasteiger partial charge in [0.05, 0.1) is 17.1 Å². The van der Waals surface area contributed by atoms with Gasteiger partial charge in [0.2, 0.25) is 0 Å². The minimum absolute atomic E-state index is 0.124. The van der Waals surface area contributed by atoms with Gasteiger partial charge in [-0.25, -0.2) is 0 Å². The van der Waals surface area contributed by atoms with Crippen LogP contribution in [0.1, 0.15) is 94.1 Å². The summed E-state index contributed by atoms with van der Waals surface area (Å²) in [4.78, 5) is 0. The topological polar surface area (TPSA) is 17.8 Å². The molecule has 1 saturated carbocycles. The molecule has 1 fully saturated rings. The highest BCUT2D eigenvalue weighted by molar-refractivity contribution is 6.21. The predicted octanol–water partition coefficient (Wildman–Crippen LogP) is 5.59. The van der Waals surface area contributed by atoms with E-state index < -0.39 is 0 Å². The fourth-order valence-corrected chi connectivity index (χ4v) is 3.77. The van der Waals surface area contributed by atoms with Crippen molar-refractivity contribution in [3.8, 4) is 0 Å². The van der Waals surface area contributed by atoms with Gasteiger partial charge in [0, 0.05) is 11.3 Å². The normalized spacial score (nSPS) is 19.0. The molecule has 1 heterocycles. The zero-order valence-corrected chi connectivity index (χ0v) is 14.0. The van der Waals surface area contributed by atoms with Crippen molar-refractivity contribution in [1.29, 1.82) is 0 Å². The number of hydrogen-bond acceptors (Lipinski definition) is 1. The Morgan fingerprint density at radius 1 is 1.10 bits per heavy atom. The van der Waals surface area contributed by atoms with E-state index in [-0.39, 0.29) is 5.38 Å². The van der Waals surface area contributed by atoms with Crippen LogP contribution in [0.2, 0.25) is 0 Å². The quantitative estimate of drug-likeness (QED) is 0.511. The molecule has 1 unspecified atom stereocenters. The summed E-state index contributed by atoms with van der Waals surface area (Å²) in [6.07, 6.45) is 11.1. The summed E-state index contributed by atoms with van der Waals surface area (Å²) in [5, 5.41) is 5.09. The third kappa shape index (κ3) is 3.21. The van der Waals surface area contributed by atoms with Gasteiger partial charge in [-0.2, -0.15) is 5.10 Å². The van der Waals surface area contributed by atoms with Crippen molar-refractivity contribution in [3.63, 3.8) is 0 Å². The van der Waals surface area contributed by atoms with E-state index in [0.717, 1.165) is 19.3 Å². The van der Waals surface area contributed by atoms with E-state index in [1.54, 1.807) is 0 Å². The fourth-order valence-electron chi connectivity index (χ4n) is 3.52. The zero-order valence-electron chi connectivity index (χ0n) is 13.3. The van der Waals surface area contributed by atoms with Gasteiger partial charge in [-0.15, -0.1) is 11.6 Å².